The zero-order chi connectivity index (χ0) is 14.7. The molecule has 6 nitrogen and oxygen atoms in total. The van der Waals surface area contributed by atoms with Crippen molar-refractivity contribution in [1.82, 2.24) is 0 Å². The molecular weight excluding hydrogens is 286 g/mol. The first kappa shape index (κ1) is 14.0. The summed E-state index contributed by atoms with van der Waals surface area (Å²) in [6, 6.07) is 5.54. The molecule has 0 aliphatic rings. The van der Waals surface area contributed by atoms with Gasteiger partial charge in [-0.15, -0.1) is 0 Å². The van der Waals surface area contributed by atoms with E-state index in [-0.39, 0.29) is 27.8 Å². The van der Waals surface area contributed by atoms with Crippen molar-refractivity contribution >= 4 is 29.2 Å². The lowest BCUT2D eigenvalue weighted by Crippen LogP contribution is -2.12. The van der Waals surface area contributed by atoms with Crippen molar-refractivity contribution in [3.63, 3.8) is 0 Å². The number of aromatic carboxylic acids is 1. The number of carbonyl (C=O) groups is 2. The van der Waals surface area contributed by atoms with Crippen molar-refractivity contribution in [2.24, 2.45) is 0 Å². The third-order valence-electron chi connectivity index (χ3n) is 2.49. The molecule has 0 spiro atoms. The Hall–Kier alpha value is -2.47. The highest BCUT2D eigenvalue weighted by Gasteiger charge is 2.17. The molecule has 2 aromatic rings. The minimum absolute atomic E-state index is 0.0643. The average Bonchev–Trinajstić information content (AvgIpc) is 2.92. The summed E-state index contributed by atoms with van der Waals surface area (Å²) in [6.07, 6.45) is 1.35. The van der Waals surface area contributed by atoms with Gasteiger partial charge in [0.15, 0.2) is 11.5 Å². The minimum atomic E-state index is -1.16. The molecule has 7 heteroatoms. The van der Waals surface area contributed by atoms with Crippen molar-refractivity contribution in [1.29, 1.82) is 0 Å². The van der Waals surface area contributed by atoms with Gasteiger partial charge in [0.05, 0.1) is 29.6 Å². The quantitative estimate of drug-likeness (QED) is 0.905. The number of benzene rings is 1. The summed E-state index contributed by atoms with van der Waals surface area (Å²) in [5.41, 5.74) is 0.0874. The molecule has 2 rings (SSSR count). The maximum atomic E-state index is 11.9. The summed E-state index contributed by atoms with van der Waals surface area (Å²) >= 11 is 5.92. The zero-order valence-corrected chi connectivity index (χ0v) is 11.1. The van der Waals surface area contributed by atoms with E-state index in [1.807, 2.05) is 0 Å². The van der Waals surface area contributed by atoms with E-state index in [1.54, 1.807) is 6.07 Å². The fourth-order valence-electron chi connectivity index (χ4n) is 1.61. The van der Waals surface area contributed by atoms with Crippen LogP contribution in [0.3, 0.4) is 0 Å². The fourth-order valence-corrected chi connectivity index (χ4v) is 1.91. The van der Waals surface area contributed by atoms with Gasteiger partial charge in [0, 0.05) is 0 Å². The Balaban J connectivity index is 2.39. The molecule has 20 heavy (non-hydrogen) atoms. The third kappa shape index (κ3) is 2.75. The molecule has 104 valence electrons. The lowest BCUT2D eigenvalue weighted by molar-refractivity contribution is 0.0696. The number of amides is 1. The van der Waals surface area contributed by atoms with Gasteiger partial charge < -0.3 is 19.6 Å². The number of carboxylic acid groups (broad SMARTS) is 1. The van der Waals surface area contributed by atoms with Gasteiger partial charge in [0.25, 0.3) is 5.91 Å². The van der Waals surface area contributed by atoms with Crippen molar-refractivity contribution in [2.45, 2.75) is 0 Å². The molecule has 1 aromatic heterocycles. The summed E-state index contributed by atoms with van der Waals surface area (Å²) in [6.45, 7) is 0. The van der Waals surface area contributed by atoms with Crippen LogP contribution in [0.15, 0.2) is 34.9 Å². The molecule has 2 N–H and O–H groups in total. The van der Waals surface area contributed by atoms with E-state index in [0.29, 0.717) is 0 Å². The Morgan fingerprint density at radius 1 is 1.40 bits per heavy atom. The number of nitrogens with one attached hydrogen (secondary N) is 1. The minimum Gasteiger partial charge on any atom is -0.493 e. The van der Waals surface area contributed by atoms with E-state index in [2.05, 4.69) is 5.32 Å². The Labute approximate surface area is 118 Å². The SMILES string of the molecule is COc1c(Cl)cc(C(=O)O)cc1NC(=O)c1ccco1. The molecule has 0 unspecified atom stereocenters. The van der Waals surface area contributed by atoms with Crippen LogP contribution in [0.25, 0.3) is 0 Å². The maximum absolute atomic E-state index is 11.9. The number of methoxy groups -OCH3 is 1. The number of rotatable bonds is 4. The smallest absolute Gasteiger partial charge is 0.335 e. The Morgan fingerprint density at radius 2 is 2.15 bits per heavy atom. The molecule has 0 atom stereocenters. The number of carboxylic acids is 1. The highest BCUT2D eigenvalue weighted by atomic mass is 35.5. The lowest BCUT2D eigenvalue weighted by Gasteiger charge is -2.12. The monoisotopic (exact) mass is 295 g/mol. The van der Waals surface area contributed by atoms with Crippen LogP contribution < -0.4 is 10.1 Å². The molecular formula is C13H10ClNO5. The van der Waals surface area contributed by atoms with Gasteiger partial charge in [-0.3, -0.25) is 4.79 Å². The molecule has 1 heterocycles. The molecule has 0 bridgehead atoms. The van der Waals surface area contributed by atoms with Gasteiger partial charge in [-0.05, 0) is 24.3 Å². The van der Waals surface area contributed by atoms with Crippen LogP contribution in [-0.2, 0) is 0 Å². The van der Waals surface area contributed by atoms with E-state index < -0.39 is 11.9 Å². The molecule has 0 saturated carbocycles. The summed E-state index contributed by atoms with van der Waals surface area (Å²) < 4.78 is 10.0. The van der Waals surface area contributed by atoms with Crippen molar-refractivity contribution in [3.8, 4) is 5.75 Å². The first-order chi connectivity index (χ1) is 9.52. The molecule has 0 aliphatic carbocycles. The number of halogens is 1. The van der Waals surface area contributed by atoms with Gasteiger partial charge in [0.1, 0.15) is 0 Å². The highest BCUT2D eigenvalue weighted by Crippen LogP contribution is 2.34. The molecule has 1 amide bonds. The van der Waals surface area contributed by atoms with Crippen LogP contribution in [-0.4, -0.2) is 24.1 Å². The summed E-state index contributed by atoms with van der Waals surface area (Å²) in [5.74, 6) is -1.43. The molecule has 1 aromatic carbocycles. The third-order valence-corrected chi connectivity index (χ3v) is 2.77. The number of hydrogen-bond donors (Lipinski definition) is 2. The van der Waals surface area contributed by atoms with E-state index in [9.17, 15) is 9.59 Å². The Bertz CT molecular complexity index is 651. The number of carbonyl (C=O) groups excluding carboxylic acids is 1. The average molecular weight is 296 g/mol. The molecule has 0 saturated heterocycles. The number of anilines is 1. The van der Waals surface area contributed by atoms with Crippen LogP contribution in [0.5, 0.6) is 5.75 Å². The van der Waals surface area contributed by atoms with Gasteiger partial charge in [-0.25, -0.2) is 4.79 Å². The fraction of sp³-hybridized carbons (Fsp3) is 0.0769. The Kier molecular flexibility index (Phi) is 3.95. The van der Waals surface area contributed by atoms with Crippen LogP contribution in [0.1, 0.15) is 20.9 Å². The van der Waals surface area contributed by atoms with Crippen LogP contribution in [0.4, 0.5) is 5.69 Å². The second kappa shape index (κ2) is 5.66. The van der Waals surface area contributed by atoms with E-state index in [0.717, 1.165) is 0 Å². The summed E-state index contributed by atoms with van der Waals surface area (Å²) in [5, 5.41) is 11.6. The number of furan rings is 1. The first-order valence-corrected chi connectivity index (χ1v) is 5.86. The standard InChI is InChI=1S/C13H10ClNO5/c1-19-11-8(14)5-7(13(17)18)6-9(11)15-12(16)10-3-2-4-20-10/h2-6H,1H3,(H,15,16)(H,17,18). The summed E-state index contributed by atoms with van der Waals surface area (Å²) in [4.78, 5) is 22.9. The maximum Gasteiger partial charge on any atom is 0.335 e. The van der Waals surface area contributed by atoms with Gasteiger partial charge in [-0.1, -0.05) is 11.6 Å². The van der Waals surface area contributed by atoms with Crippen molar-refractivity contribution in [3.05, 3.63) is 46.9 Å². The second-order valence-electron chi connectivity index (χ2n) is 3.78. The van der Waals surface area contributed by atoms with Crippen LogP contribution in [0, 0.1) is 0 Å². The molecule has 0 fully saturated rings. The van der Waals surface area contributed by atoms with E-state index in [4.69, 9.17) is 25.9 Å². The van der Waals surface area contributed by atoms with Crippen molar-refractivity contribution in [2.75, 3.05) is 12.4 Å². The topological polar surface area (TPSA) is 88.8 Å². The van der Waals surface area contributed by atoms with E-state index in [1.165, 1.54) is 31.6 Å². The van der Waals surface area contributed by atoms with Gasteiger partial charge in [-0.2, -0.15) is 0 Å². The van der Waals surface area contributed by atoms with Crippen LogP contribution in [0.2, 0.25) is 5.02 Å². The van der Waals surface area contributed by atoms with Crippen molar-refractivity contribution < 1.29 is 23.8 Å². The highest BCUT2D eigenvalue weighted by molar-refractivity contribution is 6.33. The Morgan fingerprint density at radius 3 is 2.70 bits per heavy atom. The lowest BCUT2D eigenvalue weighted by atomic mass is 10.2. The summed E-state index contributed by atoms with van der Waals surface area (Å²) in [7, 11) is 1.37. The van der Waals surface area contributed by atoms with Crippen LogP contribution >= 0.6 is 11.6 Å². The normalized spacial score (nSPS) is 10.1. The molecule has 0 aliphatic heterocycles. The number of ether oxygens (including phenoxy) is 1. The van der Waals surface area contributed by atoms with Gasteiger partial charge >= 0.3 is 5.97 Å². The largest absolute Gasteiger partial charge is 0.493 e. The predicted octanol–water partition coefficient (Wildman–Crippen LogP) is 2.89. The first-order valence-electron chi connectivity index (χ1n) is 5.48. The predicted molar refractivity (Wildman–Crippen MR) is 71.6 cm³/mol. The zero-order valence-electron chi connectivity index (χ0n) is 10.3. The van der Waals surface area contributed by atoms with Gasteiger partial charge in [0.2, 0.25) is 0 Å². The number of hydrogen-bond acceptors (Lipinski definition) is 4. The molecule has 0 radical (unpaired) electrons. The second-order valence-corrected chi connectivity index (χ2v) is 4.18. The van der Waals surface area contributed by atoms with E-state index >= 15 is 0 Å².